The summed E-state index contributed by atoms with van der Waals surface area (Å²) in [5, 5.41) is 17.2. The lowest BCUT2D eigenvalue weighted by molar-refractivity contribution is 0.0702. The van der Waals surface area contributed by atoms with Crippen LogP contribution in [0.2, 0.25) is 0 Å². The number of carbonyl (C=O) groups is 2. The van der Waals surface area contributed by atoms with E-state index in [1.807, 2.05) is 13.2 Å². The zero-order valence-electron chi connectivity index (χ0n) is 12.2. The number of carbonyl (C=O) groups excluding carboxylic acids is 1. The minimum absolute atomic E-state index is 0.176. The van der Waals surface area contributed by atoms with Crippen LogP contribution in [0.1, 0.15) is 43.8 Å². The van der Waals surface area contributed by atoms with Crippen molar-refractivity contribution in [1.29, 1.82) is 0 Å². The van der Waals surface area contributed by atoms with E-state index in [0.717, 1.165) is 33.6 Å². The Balaban J connectivity index is 1.59. The SMILES string of the molecule is Cn1cc(NC(=O)c2cc3cc(C(=O)O)sc3s2)c(C2CC2)n1. The minimum Gasteiger partial charge on any atom is -0.477 e. The van der Waals surface area contributed by atoms with Crippen molar-refractivity contribution in [3.05, 3.63) is 33.8 Å². The van der Waals surface area contributed by atoms with E-state index >= 15 is 0 Å². The fraction of sp³-hybridized carbons (Fsp3) is 0.267. The highest BCUT2D eigenvalue weighted by atomic mass is 32.2. The first-order valence-electron chi connectivity index (χ1n) is 7.13. The van der Waals surface area contributed by atoms with E-state index in [4.69, 9.17) is 5.11 Å². The molecule has 1 aliphatic carbocycles. The Bertz CT molecular complexity index is 902. The third kappa shape index (κ3) is 2.64. The van der Waals surface area contributed by atoms with Crippen LogP contribution in [0.15, 0.2) is 18.3 Å². The molecule has 4 rings (SSSR count). The van der Waals surface area contributed by atoms with Gasteiger partial charge in [-0.05, 0) is 25.0 Å². The van der Waals surface area contributed by atoms with Crippen molar-refractivity contribution >= 4 is 49.6 Å². The van der Waals surface area contributed by atoms with Crippen molar-refractivity contribution in [1.82, 2.24) is 9.78 Å². The number of hydrogen-bond acceptors (Lipinski definition) is 5. The molecule has 2 N–H and O–H groups in total. The summed E-state index contributed by atoms with van der Waals surface area (Å²) in [6, 6.07) is 3.35. The fourth-order valence-corrected chi connectivity index (χ4v) is 4.68. The summed E-state index contributed by atoms with van der Waals surface area (Å²) in [6.45, 7) is 0. The second-order valence-electron chi connectivity index (χ2n) is 5.60. The molecule has 0 bridgehead atoms. The number of carboxylic acid groups (broad SMARTS) is 1. The normalized spacial score (nSPS) is 14.3. The molecule has 0 atom stereocenters. The topological polar surface area (TPSA) is 84.2 Å². The lowest BCUT2D eigenvalue weighted by Gasteiger charge is -2.02. The molecular formula is C15H13N3O3S2. The second kappa shape index (κ2) is 5.17. The maximum absolute atomic E-state index is 12.5. The van der Waals surface area contributed by atoms with Crippen molar-refractivity contribution in [3.63, 3.8) is 0 Å². The predicted octanol–water partition coefficient (Wildman–Crippen LogP) is 3.52. The molecule has 3 heterocycles. The number of amides is 1. The van der Waals surface area contributed by atoms with Crippen LogP contribution >= 0.6 is 22.7 Å². The van der Waals surface area contributed by atoms with Crippen LogP contribution < -0.4 is 5.32 Å². The van der Waals surface area contributed by atoms with Gasteiger partial charge in [0, 0.05) is 24.5 Å². The summed E-state index contributed by atoms with van der Waals surface area (Å²) in [4.78, 5) is 24.3. The van der Waals surface area contributed by atoms with Crippen molar-refractivity contribution < 1.29 is 14.7 Å². The zero-order valence-corrected chi connectivity index (χ0v) is 13.8. The quantitative estimate of drug-likeness (QED) is 0.756. The smallest absolute Gasteiger partial charge is 0.345 e. The lowest BCUT2D eigenvalue weighted by Crippen LogP contribution is -2.10. The van der Waals surface area contributed by atoms with Crippen LogP contribution in [0, 0.1) is 0 Å². The molecule has 6 nitrogen and oxygen atoms in total. The van der Waals surface area contributed by atoms with Gasteiger partial charge >= 0.3 is 5.97 Å². The molecule has 8 heteroatoms. The molecule has 1 fully saturated rings. The molecule has 0 unspecified atom stereocenters. The van der Waals surface area contributed by atoms with Gasteiger partial charge < -0.3 is 10.4 Å². The first kappa shape index (κ1) is 14.4. The number of nitrogens with one attached hydrogen (secondary N) is 1. The fourth-order valence-electron chi connectivity index (χ4n) is 2.50. The maximum atomic E-state index is 12.5. The summed E-state index contributed by atoms with van der Waals surface area (Å²) in [7, 11) is 1.84. The van der Waals surface area contributed by atoms with Crippen LogP contribution in [-0.2, 0) is 7.05 Å². The number of hydrogen-bond donors (Lipinski definition) is 2. The van der Waals surface area contributed by atoms with Gasteiger partial charge in [0.2, 0.25) is 0 Å². The number of fused-ring (bicyclic) bond motifs is 1. The molecule has 1 aliphatic rings. The number of carboxylic acids is 1. The molecule has 0 saturated heterocycles. The van der Waals surface area contributed by atoms with Crippen LogP contribution in [-0.4, -0.2) is 26.8 Å². The van der Waals surface area contributed by atoms with Crippen molar-refractivity contribution in [3.8, 4) is 0 Å². The maximum Gasteiger partial charge on any atom is 0.345 e. The molecule has 118 valence electrons. The van der Waals surface area contributed by atoms with E-state index in [9.17, 15) is 9.59 Å². The zero-order chi connectivity index (χ0) is 16.1. The number of aromatic nitrogens is 2. The number of aromatic carboxylic acids is 1. The highest BCUT2D eigenvalue weighted by Gasteiger charge is 2.30. The highest BCUT2D eigenvalue weighted by molar-refractivity contribution is 7.39. The molecule has 3 aromatic rings. The largest absolute Gasteiger partial charge is 0.477 e. The van der Waals surface area contributed by atoms with Gasteiger partial charge in [-0.1, -0.05) is 0 Å². The number of nitrogens with zero attached hydrogens (tertiary/aromatic N) is 2. The Hall–Kier alpha value is -2.19. The molecule has 0 spiro atoms. The molecule has 23 heavy (non-hydrogen) atoms. The standard InChI is InChI=1S/C15H13N3O3S2/c1-18-6-9(12(17-18)7-2-3-7)16-13(19)10-4-8-5-11(14(20)21)23-15(8)22-10/h4-7H,2-3H2,1H3,(H,16,19)(H,20,21). The van der Waals surface area contributed by atoms with Crippen molar-refractivity contribution in [2.24, 2.45) is 7.05 Å². The van der Waals surface area contributed by atoms with Crippen LogP contribution in [0.4, 0.5) is 5.69 Å². The van der Waals surface area contributed by atoms with Gasteiger partial charge in [0.1, 0.15) is 4.88 Å². The van der Waals surface area contributed by atoms with Gasteiger partial charge in [0.15, 0.2) is 0 Å². The first-order chi connectivity index (χ1) is 11.0. The van der Waals surface area contributed by atoms with Gasteiger partial charge in [0.25, 0.3) is 5.91 Å². The van der Waals surface area contributed by atoms with E-state index in [-0.39, 0.29) is 5.91 Å². The van der Waals surface area contributed by atoms with E-state index in [2.05, 4.69) is 10.4 Å². The van der Waals surface area contributed by atoms with Gasteiger partial charge in [-0.15, -0.1) is 22.7 Å². The molecule has 3 aromatic heterocycles. The third-order valence-electron chi connectivity index (χ3n) is 3.72. The van der Waals surface area contributed by atoms with Gasteiger partial charge in [-0.3, -0.25) is 9.48 Å². The summed E-state index contributed by atoms with van der Waals surface area (Å²) < 4.78 is 2.57. The van der Waals surface area contributed by atoms with Gasteiger partial charge in [-0.2, -0.15) is 5.10 Å². The number of rotatable bonds is 4. The third-order valence-corrected chi connectivity index (χ3v) is 6.10. The van der Waals surface area contributed by atoms with Crippen molar-refractivity contribution in [2.75, 3.05) is 5.32 Å². The molecule has 0 aliphatic heterocycles. The Labute approximate surface area is 139 Å². The Morgan fingerprint density at radius 2 is 2.00 bits per heavy atom. The number of thiophene rings is 2. The summed E-state index contributed by atoms with van der Waals surface area (Å²) in [6.07, 6.45) is 4.06. The Kier molecular flexibility index (Phi) is 3.24. The molecule has 1 amide bonds. The van der Waals surface area contributed by atoms with E-state index in [1.165, 1.54) is 22.7 Å². The monoisotopic (exact) mass is 347 g/mol. The molecular weight excluding hydrogens is 334 g/mol. The number of anilines is 1. The van der Waals surface area contributed by atoms with Gasteiger partial charge in [-0.25, -0.2) is 4.79 Å². The van der Waals surface area contributed by atoms with Crippen molar-refractivity contribution in [2.45, 2.75) is 18.8 Å². The molecule has 0 radical (unpaired) electrons. The average Bonchev–Trinajstić information content (AvgIpc) is 2.96. The predicted molar refractivity (Wildman–Crippen MR) is 89.8 cm³/mol. The highest BCUT2D eigenvalue weighted by Crippen LogP contribution is 2.42. The van der Waals surface area contributed by atoms with Gasteiger partial charge in [0.05, 0.1) is 20.3 Å². The number of aryl methyl sites for hydroxylation is 1. The van der Waals surface area contributed by atoms with E-state index in [1.54, 1.807) is 16.8 Å². The Morgan fingerprint density at radius 1 is 1.30 bits per heavy atom. The second-order valence-corrected chi connectivity index (χ2v) is 7.96. The average molecular weight is 347 g/mol. The Morgan fingerprint density at radius 3 is 2.65 bits per heavy atom. The lowest BCUT2D eigenvalue weighted by atomic mass is 10.2. The molecule has 1 saturated carbocycles. The minimum atomic E-state index is -0.936. The van der Waals surface area contributed by atoms with Crippen LogP contribution in [0.5, 0.6) is 0 Å². The summed E-state index contributed by atoms with van der Waals surface area (Å²) >= 11 is 2.51. The van der Waals surface area contributed by atoms with E-state index < -0.39 is 5.97 Å². The first-order valence-corrected chi connectivity index (χ1v) is 8.76. The summed E-state index contributed by atoms with van der Waals surface area (Å²) in [5.41, 5.74) is 1.72. The van der Waals surface area contributed by atoms with Crippen LogP contribution in [0.25, 0.3) is 9.40 Å². The molecule has 0 aromatic carbocycles. The summed E-state index contributed by atoms with van der Waals surface area (Å²) in [5.74, 6) is -0.657. The van der Waals surface area contributed by atoms with Crippen LogP contribution in [0.3, 0.4) is 0 Å². The van der Waals surface area contributed by atoms with E-state index in [0.29, 0.717) is 15.7 Å².